The Morgan fingerprint density at radius 2 is 1.94 bits per heavy atom. The number of hydrogen-bond donors (Lipinski definition) is 0. The molecule has 0 bridgehead atoms. The lowest BCUT2D eigenvalue weighted by atomic mass is 10.1. The molecule has 0 amide bonds. The fraction of sp³-hybridized carbons (Fsp3) is 0.0714. The molecule has 0 aliphatic heterocycles. The second kappa shape index (κ2) is 4.42. The van der Waals surface area contributed by atoms with E-state index in [-0.39, 0.29) is 5.82 Å². The molecule has 2 heterocycles. The van der Waals surface area contributed by atoms with Gasteiger partial charge >= 0.3 is 0 Å². The van der Waals surface area contributed by atoms with Crippen molar-refractivity contribution in [2.75, 3.05) is 0 Å². The highest BCUT2D eigenvalue weighted by Crippen LogP contribution is 2.15. The van der Waals surface area contributed by atoms with Crippen LogP contribution in [0.15, 0.2) is 48.8 Å². The molecule has 0 aliphatic carbocycles. The van der Waals surface area contributed by atoms with Crippen molar-refractivity contribution in [3.8, 4) is 0 Å². The van der Waals surface area contributed by atoms with Crippen LogP contribution in [-0.4, -0.2) is 9.38 Å². The molecule has 1 aromatic carbocycles. The Morgan fingerprint density at radius 3 is 2.72 bits per heavy atom. The van der Waals surface area contributed by atoms with Crippen molar-refractivity contribution in [2.45, 2.75) is 6.42 Å². The smallest absolute Gasteiger partial charge is 0.138 e. The Hall–Kier alpha value is -1.87. The molecule has 0 atom stereocenters. The van der Waals surface area contributed by atoms with Crippen LogP contribution in [0.2, 0.25) is 5.02 Å². The minimum absolute atomic E-state index is 0.222. The first-order valence-corrected chi connectivity index (χ1v) is 5.96. The zero-order valence-corrected chi connectivity index (χ0v) is 10.2. The summed E-state index contributed by atoms with van der Waals surface area (Å²) in [6.07, 6.45) is 4.51. The molecule has 0 radical (unpaired) electrons. The van der Waals surface area contributed by atoms with Crippen LogP contribution in [0.1, 0.15) is 11.3 Å². The highest BCUT2D eigenvalue weighted by Gasteiger charge is 2.03. The first-order chi connectivity index (χ1) is 8.70. The van der Waals surface area contributed by atoms with E-state index in [4.69, 9.17) is 11.6 Å². The number of hydrogen-bond acceptors (Lipinski definition) is 1. The number of aromatic nitrogens is 2. The fourth-order valence-electron chi connectivity index (χ4n) is 1.91. The maximum Gasteiger partial charge on any atom is 0.138 e. The number of halogens is 2. The van der Waals surface area contributed by atoms with Crippen LogP contribution in [0.4, 0.5) is 4.39 Å². The third-order valence-electron chi connectivity index (χ3n) is 2.77. The van der Waals surface area contributed by atoms with Crippen LogP contribution in [0.3, 0.4) is 0 Å². The van der Waals surface area contributed by atoms with Crippen LogP contribution in [0, 0.1) is 5.82 Å². The van der Waals surface area contributed by atoms with Crippen molar-refractivity contribution in [2.24, 2.45) is 0 Å². The topological polar surface area (TPSA) is 17.3 Å². The van der Waals surface area contributed by atoms with Crippen molar-refractivity contribution in [1.29, 1.82) is 0 Å². The predicted molar refractivity (Wildman–Crippen MR) is 69.4 cm³/mol. The molecule has 0 aliphatic rings. The molecule has 2 nitrogen and oxygen atoms in total. The number of benzene rings is 1. The summed E-state index contributed by atoms with van der Waals surface area (Å²) < 4.78 is 14.7. The van der Waals surface area contributed by atoms with E-state index in [0.29, 0.717) is 11.4 Å². The third-order valence-corrected chi connectivity index (χ3v) is 3.01. The van der Waals surface area contributed by atoms with E-state index >= 15 is 0 Å². The van der Waals surface area contributed by atoms with Crippen LogP contribution in [0.5, 0.6) is 0 Å². The molecule has 0 fully saturated rings. The van der Waals surface area contributed by atoms with Gasteiger partial charge in [-0.1, -0.05) is 23.7 Å². The fourth-order valence-corrected chi connectivity index (χ4v) is 2.06. The standard InChI is InChI=1S/C14H10ClFN2/c15-11-5-6-18-9-13(17-14(18)8-11)7-10-1-3-12(16)4-2-10/h1-6,8-9H,7H2. The first-order valence-electron chi connectivity index (χ1n) is 5.58. The van der Waals surface area contributed by atoms with Gasteiger partial charge in [-0.25, -0.2) is 9.37 Å². The average Bonchev–Trinajstić information content (AvgIpc) is 2.73. The van der Waals surface area contributed by atoms with Gasteiger partial charge in [-0.2, -0.15) is 0 Å². The zero-order chi connectivity index (χ0) is 12.5. The Morgan fingerprint density at radius 1 is 1.17 bits per heavy atom. The molecule has 4 heteroatoms. The lowest BCUT2D eigenvalue weighted by Crippen LogP contribution is -1.88. The number of fused-ring (bicyclic) bond motifs is 1. The lowest BCUT2D eigenvalue weighted by Gasteiger charge is -1.96. The van der Waals surface area contributed by atoms with Crippen LogP contribution < -0.4 is 0 Å². The quantitative estimate of drug-likeness (QED) is 0.686. The number of rotatable bonds is 2. The molecular formula is C14H10ClFN2. The highest BCUT2D eigenvalue weighted by atomic mass is 35.5. The number of imidazole rings is 1. The van der Waals surface area contributed by atoms with E-state index in [9.17, 15) is 4.39 Å². The predicted octanol–water partition coefficient (Wildman–Crippen LogP) is 3.72. The molecule has 18 heavy (non-hydrogen) atoms. The Balaban J connectivity index is 1.92. The molecule has 0 saturated carbocycles. The molecule has 0 unspecified atom stereocenters. The largest absolute Gasteiger partial charge is 0.307 e. The molecule has 3 rings (SSSR count). The van der Waals surface area contributed by atoms with Gasteiger partial charge in [0.1, 0.15) is 11.5 Å². The van der Waals surface area contributed by atoms with Gasteiger partial charge in [0.25, 0.3) is 0 Å². The summed E-state index contributed by atoms with van der Waals surface area (Å²) in [6.45, 7) is 0. The van der Waals surface area contributed by atoms with Crippen molar-refractivity contribution in [3.63, 3.8) is 0 Å². The number of pyridine rings is 1. The Kier molecular flexibility index (Phi) is 2.76. The van der Waals surface area contributed by atoms with Crippen LogP contribution >= 0.6 is 11.6 Å². The molecular weight excluding hydrogens is 251 g/mol. The monoisotopic (exact) mass is 260 g/mol. The van der Waals surface area contributed by atoms with Crippen molar-refractivity contribution >= 4 is 17.2 Å². The van der Waals surface area contributed by atoms with Crippen molar-refractivity contribution in [3.05, 3.63) is 70.9 Å². The molecule has 0 spiro atoms. The molecule has 2 aromatic heterocycles. The summed E-state index contributed by atoms with van der Waals surface area (Å²) in [5.74, 6) is -0.222. The van der Waals surface area contributed by atoms with Crippen LogP contribution in [-0.2, 0) is 6.42 Å². The molecule has 3 aromatic rings. The average molecular weight is 261 g/mol. The van der Waals surface area contributed by atoms with Gasteiger partial charge in [0.2, 0.25) is 0 Å². The summed E-state index contributed by atoms with van der Waals surface area (Å²) in [5.41, 5.74) is 2.79. The Labute approximate surface area is 109 Å². The Bertz CT molecular complexity index is 689. The molecule has 90 valence electrons. The molecule has 0 saturated heterocycles. The van der Waals surface area contributed by atoms with Gasteiger partial charge in [-0.05, 0) is 29.8 Å². The van der Waals surface area contributed by atoms with Gasteiger partial charge in [0.05, 0.1) is 5.69 Å². The van der Waals surface area contributed by atoms with E-state index in [1.54, 1.807) is 12.1 Å². The SMILES string of the molecule is Fc1ccc(Cc2cn3ccc(Cl)cc3n2)cc1. The van der Waals surface area contributed by atoms with Crippen LogP contribution in [0.25, 0.3) is 5.65 Å². The van der Waals surface area contributed by atoms with Gasteiger partial charge < -0.3 is 4.40 Å². The van der Waals surface area contributed by atoms with E-state index in [2.05, 4.69) is 4.98 Å². The maximum atomic E-state index is 12.8. The summed E-state index contributed by atoms with van der Waals surface area (Å²) in [6, 6.07) is 10.1. The summed E-state index contributed by atoms with van der Waals surface area (Å²) in [4.78, 5) is 4.48. The maximum absolute atomic E-state index is 12.8. The second-order valence-corrected chi connectivity index (χ2v) is 4.58. The second-order valence-electron chi connectivity index (χ2n) is 4.15. The van der Waals surface area contributed by atoms with Gasteiger partial charge in [-0.15, -0.1) is 0 Å². The van der Waals surface area contributed by atoms with E-state index in [1.165, 1.54) is 12.1 Å². The normalized spacial score (nSPS) is 11.0. The van der Waals surface area contributed by atoms with Gasteiger partial charge in [0, 0.05) is 23.8 Å². The van der Waals surface area contributed by atoms with Gasteiger partial charge in [0.15, 0.2) is 0 Å². The number of nitrogens with zero attached hydrogens (tertiary/aromatic N) is 2. The first kappa shape index (κ1) is 11.2. The summed E-state index contributed by atoms with van der Waals surface area (Å²) in [7, 11) is 0. The zero-order valence-electron chi connectivity index (χ0n) is 9.48. The lowest BCUT2D eigenvalue weighted by molar-refractivity contribution is 0.627. The van der Waals surface area contributed by atoms with Crippen molar-refractivity contribution in [1.82, 2.24) is 9.38 Å². The van der Waals surface area contributed by atoms with E-state index in [1.807, 2.05) is 28.9 Å². The van der Waals surface area contributed by atoms with E-state index < -0.39 is 0 Å². The minimum atomic E-state index is -0.222. The van der Waals surface area contributed by atoms with Gasteiger partial charge in [-0.3, -0.25) is 0 Å². The van der Waals surface area contributed by atoms with E-state index in [0.717, 1.165) is 16.9 Å². The summed E-state index contributed by atoms with van der Waals surface area (Å²) in [5, 5.41) is 0.668. The third kappa shape index (κ3) is 2.22. The summed E-state index contributed by atoms with van der Waals surface area (Å²) >= 11 is 5.91. The highest BCUT2D eigenvalue weighted by molar-refractivity contribution is 6.30. The minimum Gasteiger partial charge on any atom is -0.307 e. The van der Waals surface area contributed by atoms with Crippen molar-refractivity contribution < 1.29 is 4.39 Å². The molecule has 0 N–H and O–H groups in total.